The fourth-order valence-electron chi connectivity index (χ4n) is 4.01. The van der Waals surface area contributed by atoms with Crippen LogP contribution in [-0.2, 0) is 16.0 Å². The van der Waals surface area contributed by atoms with E-state index in [2.05, 4.69) is 41.4 Å². The largest absolute Gasteiger partial charge is 0.441 e. The Morgan fingerprint density at radius 1 is 1.26 bits per heavy atom. The summed E-state index contributed by atoms with van der Waals surface area (Å²) in [7, 11) is 1.77. The number of hydrogen-bond donors (Lipinski definition) is 1. The number of likely N-dealkylation sites (tertiary alicyclic amines) is 1. The minimum Gasteiger partial charge on any atom is -0.441 e. The van der Waals surface area contributed by atoms with Gasteiger partial charge in [-0.1, -0.05) is 37.6 Å². The molecule has 0 bridgehead atoms. The van der Waals surface area contributed by atoms with Gasteiger partial charge in [0.1, 0.15) is 5.60 Å². The van der Waals surface area contributed by atoms with Gasteiger partial charge in [0, 0.05) is 33.0 Å². The maximum atomic E-state index is 12.4. The molecule has 3 rings (SSSR count). The quantitative estimate of drug-likeness (QED) is 0.833. The number of nitrogens with zero attached hydrogens (tertiary/aromatic N) is 2. The lowest BCUT2D eigenvalue weighted by Gasteiger charge is -2.37. The highest BCUT2D eigenvalue weighted by Gasteiger charge is 2.45. The lowest BCUT2D eigenvalue weighted by Crippen LogP contribution is -2.49. The van der Waals surface area contributed by atoms with Crippen LogP contribution in [0, 0.1) is 0 Å². The number of aryl methyl sites for hydroxylation is 1. The van der Waals surface area contributed by atoms with Crippen LogP contribution < -0.4 is 5.32 Å². The summed E-state index contributed by atoms with van der Waals surface area (Å²) in [6.45, 7) is 6.78. The lowest BCUT2D eigenvalue weighted by molar-refractivity contribution is -0.123. The van der Waals surface area contributed by atoms with Crippen molar-refractivity contribution in [3.8, 4) is 0 Å². The Balaban J connectivity index is 1.45. The summed E-state index contributed by atoms with van der Waals surface area (Å²) in [5, 5.41) is 3.10. The normalized spacial score (nSPS) is 20.6. The molecule has 1 atom stereocenters. The maximum absolute atomic E-state index is 12.4. The molecule has 2 amide bonds. The highest BCUT2D eigenvalue weighted by molar-refractivity contribution is 5.78. The Morgan fingerprint density at radius 2 is 1.93 bits per heavy atom. The Kier molecular flexibility index (Phi) is 6.05. The van der Waals surface area contributed by atoms with E-state index in [0.717, 1.165) is 44.3 Å². The molecule has 2 fully saturated rings. The van der Waals surface area contributed by atoms with Crippen molar-refractivity contribution in [2.45, 2.75) is 51.2 Å². The van der Waals surface area contributed by atoms with Gasteiger partial charge in [-0.15, -0.1) is 0 Å². The first kappa shape index (κ1) is 19.7. The minimum atomic E-state index is -0.355. The third-order valence-corrected chi connectivity index (χ3v) is 5.67. The van der Waals surface area contributed by atoms with Gasteiger partial charge in [0.2, 0.25) is 5.91 Å². The van der Waals surface area contributed by atoms with Crippen LogP contribution in [0.5, 0.6) is 0 Å². The average Bonchev–Trinajstić information content (AvgIpc) is 2.91. The van der Waals surface area contributed by atoms with Gasteiger partial charge in [-0.25, -0.2) is 4.79 Å². The fraction of sp³-hybridized carbons (Fsp3) is 0.619. The molecule has 148 valence electrons. The predicted octanol–water partition coefficient (Wildman–Crippen LogP) is 2.73. The second kappa shape index (κ2) is 8.30. The third kappa shape index (κ3) is 4.80. The molecule has 0 saturated carbocycles. The van der Waals surface area contributed by atoms with Gasteiger partial charge >= 0.3 is 6.09 Å². The molecule has 0 aliphatic carbocycles. The van der Waals surface area contributed by atoms with Crippen molar-refractivity contribution in [3.63, 3.8) is 0 Å². The molecule has 1 aromatic rings. The number of hydrogen-bond acceptors (Lipinski definition) is 4. The van der Waals surface area contributed by atoms with Gasteiger partial charge in [0.25, 0.3) is 0 Å². The van der Waals surface area contributed by atoms with E-state index >= 15 is 0 Å². The Bertz CT molecular complexity index is 666. The second-order valence-corrected chi connectivity index (χ2v) is 7.96. The van der Waals surface area contributed by atoms with Gasteiger partial charge in [-0.05, 0) is 24.5 Å². The number of benzene rings is 1. The molecule has 1 spiro atoms. The number of nitrogens with one attached hydrogen (secondary N) is 1. The Hall–Kier alpha value is -2.08. The van der Waals surface area contributed by atoms with Crippen LogP contribution in [0.1, 0.15) is 50.3 Å². The van der Waals surface area contributed by atoms with Gasteiger partial charge in [0.05, 0.1) is 19.1 Å². The molecule has 2 saturated heterocycles. The van der Waals surface area contributed by atoms with Crippen LogP contribution in [0.15, 0.2) is 24.3 Å². The van der Waals surface area contributed by atoms with E-state index in [1.165, 1.54) is 5.56 Å². The number of ether oxygens (including phenoxy) is 1. The first-order valence-electron chi connectivity index (χ1n) is 9.95. The van der Waals surface area contributed by atoms with E-state index < -0.39 is 0 Å². The molecule has 2 heterocycles. The van der Waals surface area contributed by atoms with Gasteiger partial charge < -0.3 is 15.0 Å². The van der Waals surface area contributed by atoms with Crippen molar-refractivity contribution < 1.29 is 14.3 Å². The van der Waals surface area contributed by atoms with Crippen molar-refractivity contribution in [1.29, 1.82) is 0 Å². The van der Waals surface area contributed by atoms with E-state index in [1.807, 2.05) is 6.92 Å². The molecule has 0 aromatic heterocycles. The number of amides is 2. The van der Waals surface area contributed by atoms with E-state index in [1.54, 1.807) is 11.9 Å². The summed E-state index contributed by atoms with van der Waals surface area (Å²) in [4.78, 5) is 27.9. The maximum Gasteiger partial charge on any atom is 0.410 e. The summed E-state index contributed by atoms with van der Waals surface area (Å²) >= 11 is 0. The fourth-order valence-corrected chi connectivity index (χ4v) is 4.01. The zero-order valence-corrected chi connectivity index (χ0v) is 16.7. The molecule has 0 radical (unpaired) electrons. The predicted molar refractivity (Wildman–Crippen MR) is 105 cm³/mol. The number of piperidine rings is 1. The standard InChI is InChI=1S/C21H31N3O3/c1-4-5-17-6-8-18(9-7-17)16(2)22-19(25)14-24-12-10-21(11-13-24)15-23(3)20(26)27-21/h6-9,16H,4-5,10-15H2,1-3H3,(H,22,25). The summed E-state index contributed by atoms with van der Waals surface area (Å²) in [5.41, 5.74) is 2.11. The molecular weight excluding hydrogens is 342 g/mol. The summed E-state index contributed by atoms with van der Waals surface area (Å²) in [6.07, 6.45) is 3.55. The molecule has 2 aliphatic rings. The van der Waals surface area contributed by atoms with E-state index in [9.17, 15) is 9.59 Å². The topological polar surface area (TPSA) is 61.9 Å². The Morgan fingerprint density at radius 3 is 2.48 bits per heavy atom. The van der Waals surface area contributed by atoms with E-state index in [4.69, 9.17) is 4.74 Å². The van der Waals surface area contributed by atoms with Crippen molar-refractivity contribution in [2.75, 3.05) is 33.2 Å². The van der Waals surface area contributed by atoms with Crippen LogP contribution in [0.4, 0.5) is 4.79 Å². The lowest BCUT2D eigenvalue weighted by atomic mass is 9.91. The monoisotopic (exact) mass is 373 g/mol. The number of rotatable bonds is 6. The summed E-state index contributed by atoms with van der Waals surface area (Å²) in [5.74, 6) is 0.0385. The first-order valence-corrected chi connectivity index (χ1v) is 9.95. The van der Waals surface area contributed by atoms with Crippen molar-refractivity contribution in [1.82, 2.24) is 15.1 Å². The van der Waals surface area contributed by atoms with Crippen LogP contribution in [0.3, 0.4) is 0 Å². The molecule has 1 N–H and O–H groups in total. The minimum absolute atomic E-state index is 0.00579. The summed E-state index contributed by atoms with van der Waals surface area (Å²) < 4.78 is 5.56. The van der Waals surface area contributed by atoms with Crippen LogP contribution in [-0.4, -0.2) is 60.6 Å². The van der Waals surface area contributed by atoms with Crippen LogP contribution in [0.2, 0.25) is 0 Å². The zero-order chi connectivity index (χ0) is 19.4. The van der Waals surface area contributed by atoms with Crippen LogP contribution in [0.25, 0.3) is 0 Å². The van der Waals surface area contributed by atoms with Crippen molar-refractivity contribution in [3.05, 3.63) is 35.4 Å². The van der Waals surface area contributed by atoms with Crippen LogP contribution >= 0.6 is 0 Å². The van der Waals surface area contributed by atoms with Crippen molar-refractivity contribution in [2.24, 2.45) is 0 Å². The average molecular weight is 373 g/mol. The zero-order valence-electron chi connectivity index (χ0n) is 16.7. The number of carbonyl (C=O) groups is 2. The molecule has 6 nitrogen and oxygen atoms in total. The third-order valence-electron chi connectivity index (χ3n) is 5.67. The summed E-state index contributed by atoms with van der Waals surface area (Å²) in [6, 6.07) is 8.49. The van der Waals surface area contributed by atoms with Crippen molar-refractivity contribution >= 4 is 12.0 Å². The molecule has 6 heteroatoms. The van der Waals surface area contributed by atoms with E-state index in [-0.39, 0.29) is 23.6 Å². The van der Waals surface area contributed by atoms with Gasteiger partial charge in [-0.3, -0.25) is 9.69 Å². The number of likely N-dealkylation sites (N-methyl/N-ethyl adjacent to an activating group) is 1. The molecule has 1 aromatic carbocycles. The van der Waals surface area contributed by atoms with E-state index in [0.29, 0.717) is 13.1 Å². The second-order valence-electron chi connectivity index (χ2n) is 7.96. The molecular formula is C21H31N3O3. The van der Waals surface area contributed by atoms with Gasteiger partial charge in [0.15, 0.2) is 0 Å². The van der Waals surface area contributed by atoms with Gasteiger partial charge in [-0.2, -0.15) is 0 Å². The molecule has 1 unspecified atom stereocenters. The first-order chi connectivity index (χ1) is 12.9. The Labute approximate surface area is 161 Å². The highest BCUT2D eigenvalue weighted by Crippen LogP contribution is 2.32. The highest BCUT2D eigenvalue weighted by atomic mass is 16.6. The molecule has 2 aliphatic heterocycles. The molecule has 27 heavy (non-hydrogen) atoms. The smallest absolute Gasteiger partial charge is 0.410 e. The number of carbonyl (C=O) groups excluding carboxylic acids is 2. The SMILES string of the molecule is CCCc1ccc(C(C)NC(=O)CN2CCC3(CC2)CN(C)C(=O)O3)cc1.